The number of benzene rings is 2. The minimum Gasteiger partial charge on any atom is -0.490 e. The van der Waals surface area contributed by atoms with E-state index in [0.717, 1.165) is 24.8 Å². The fraction of sp³-hybridized carbons (Fsp3) is 0.345. The highest BCUT2D eigenvalue weighted by Gasteiger charge is 2.43. The molecule has 0 spiro atoms. The molecular formula is C29H29F4N5O. The van der Waals surface area contributed by atoms with Gasteiger partial charge in [0.1, 0.15) is 28.9 Å². The van der Waals surface area contributed by atoms with Crippen LogP contribution in [0, 0.1) is 11.3 Å². The molecule has 204 valence electrons. The largest absolute Gasteiger partial charge is 0.490 e. The molecule has 6 nitrogen and oxygen atoms in total. The van der Waals surface area contributed by atoms with Crippen molar-refractivity contribution in [2.75, 3.05) is 25.5 Å². The van der Waals surface area contributed by atoms with E-state index >= 15 is 0 Å². The molecule has 2 heterocycles. The number of halogens is 4. The molecular weight excluding hydrogens is 510 g/mol. The Hall–Kier alpha value is -3.95. The summed E-state index contributed by atoms with van der Waals surface area (Å²) in [6.45, 7) is 1.81. The summed E-state index contributed by atoms with van der Waals surface area (Å²) in [5.41, 5.74) is 12.2. The normalized spacial score (nSPS) is 17.1. The summed E-state index contributed by atoms with van der Waals surface area (Å²) in [6.07, 6.45) is -2.02. The van der Waals surface area contributed by atoms with Gasteiger partial charge in [0.15, 0.2) is 0 Å². The van der Waals surface area contributed by atoms with E-state index < -0.39 is 24.5 Å². The van der Waals surface area contributed by atoms with E-state index in [-0.39, 0.29) is 17.3 Å². The Bertz CT molecular complexity index is 1410. The van der Waals surface area contributed by atoms with Gasteiger partial charge in [-0.15, -0.1) is 0 Å². The molecule has 1 fully saturated rings. The number of fused-ring (bicyclic) bond motifs is 1. The van der Waals surface area contributed by atoms with Gasteiger partial charge in [0.2, 0.25) is 0 Å². The third-order valence-electron chi connectivity index (χ3n) is 7.37. The minimum atomic E-state index is -4.58. The zero-order valence-corrected chi connectivity index (χ0v) is 21.6. The maximum atomic E-state index is 14.6. The Kier molecular flexibility index (Phi) is 7.29. The predicted octanol–water partition coefficient (Wildman–Crippen LogP) is 7.92. The molecule has 2 aliphatic rings. The van der Waals surface area contributed by atoms with Crippen LogP contribution >= 0.6 is 0 Å². The van der Waals surface area contributed by atoms with Crippen molar-refractivity contribution in [3.05, 3.63) is 76.7 Å². The summed E-state index contributed by atoms with van der Waals surface area (Å²) < 4.78 is 63.1. The molecule has 2 unspecified atom stereocenters. The van der Waals surface area contributed by atoms with Crippen LogP contribution in [0.2, 0.25) is 0 Å². The van der Waals surface area contributed by atoms with E-state index in [0.29, 0.717) is 46.1 Å². The fourth-order valence-electron chi connectivity index (χ4n) is 4.99. The van der Waals surface area contributed by atoms with Crippen LogP contribution in [0.3, 0.4) is 0 Å². The lowest BCUT2D eigenvalue weighted by molar-refractivity contribution is -0.149. The molecule has 0 radical (unpaired) electrons. The van der Waals surface area contributed by atoms with Crippen LogP contribution in [0.1, 0.15) is 54.8 Å². The number of nitrogens with zero attached hydrogens (tertiary/aromatic N) is 2. The molecule has 1 aliphatic heterocycles. The number of anilines is 1. The van der Waals surface area contributed by atoms with Crippen molar-refractivity contribution < 1.29 is 22.3 Å². The van der Waals surface area contributed by atoms with Crippen molar-refractivity contribution >= 4 is 17.1 Å². The van der Waals surface area contributed by atoms with Crippen LogP contribution in [0.5, 0.6) is 5.75 Å². The van der Waals surface area contributed by atoms with E-state index in [1.54, 1.807) is 19.2 Å². The zero-order valence-electron chi connectivity index (χ0n) is 21.6. The van der Waals surface area contributed by atoms with Crippen LogP contribution < -0.4 is 15.4 Å². The number of nitrogens with one attached hydrogen (secondary N) is 3. The van der Waals surface area contributed by atoms with E-state index in [1.807, 2.05) is 13.0 Å². The van der Waals surface area contributed by atoms with E-state index in [2.05, 4.69) is 20.7 Å². The summed E-state index contributed by atoms with van der Waals surface area (Å²) in [6, 6.07) is 12.3. The molecule has 1 saturated carbocycles. The lowest BCUT2D eigenvalue weighted by atomic mass is 9.87. The summed E-state index contributed by atoms with van der Waals surface area (Å²) in [5.74, 6) is -2.00. The van der Waals surface area contributed by atoms with Gasteiger partial charge in [-0.3, -0.25) is 0 Å². The molecule has 3 aromatic rings. The van der Waals surface area contributed by atoms with Crippen LogP contribution in [-0.4, -0.2) is 31.4 Å². The first kappa shape index (κ1) is 26.6. The van der Waals surface area contributed by atoms with Crippen molar-refractivity contribution in [2.24, 2.45) is 5.11 Å². The maximum Gasteiger partial charge on any atom is 0.398 e. The molecule has 2 atom stereocenters. The SMILES string of the molecule is CNc1ccc(C(NCC(c2cc3c(c(-c4ccc(F)cc4)n2)OCC3C)C(F)(F)F)=C2CCC2)cc1N=N. The summed E-state index contributed by atoms with van der Waals surface area (Å²) in [5, 5.41) is 9.63. The lowest BCUT2D eigenvalue weighted by Gasteiger charge is -2.27. The Labute approximate surface area is 224 Å². The Morgan fingerprint density at radius 3 is 2.51 bits per heavy atom. The van der Waals surface area contributed by atoms with E-state index in [1.165, 1.54) is 30.3 Å². The summed E-state index contributed by atoms with van der Waals surface area (Å²) in [7, 11) is 1.72. The van der Waals surface area contributed by atoms with Gasteiger partial charge >= 0.3 is 6.18 Å². The lowest BCUT2D eigenvalue weighted by Crippen LogP contribution is -2.32. The van der Waals surface area contributed by atoms with Crippen LogP contribution in [-0.2, 0) is 0 Å². The number of ether oxygens (including phenoxy) is 1. The van der Waals surface area contributed by atoms with Crippen LogP contribution in [0.25, 0.3) is 17.0 Å². The van der Waals surface area contributed by atoms with Gasteiger partial charge in [-0.25, -0.2) is 14.9 Å². The van der Waals surface area contributed by atoms with Crippen molar-refractivity contribution in [3.63, 3.8) is 0 Å². The highest BCUT2D eigenvalue weighted by Crippen LogP contribution is 2.44. The molecule has 2 aromatic carbocycles. The molecule has 1 aromatic heterocycles. The summed E-state index contributed by atoms with van der Waals surface area (Å²) >= 11 is 0. The Balaban J connectivity index is 1.53. The van der Waals surface area contributed by atoms with Crippen molar-refractivity contribution in [1.82, 2.24) is 10.3 Å². The molecule has 5 rings (SSSR count). The topological polar surface area (TPSA) is 82.4 Å². The first-order valence-corrected chi connectivity index (χ1v) is 12.9. The second kappa shape index (κ2) is 10.7. The second-order valence-electron chi connectivity index (χ2n) is 9.93. The molecule has 0 amide bonds. The minimum absolute atomic E-state index is 0.104. The van der Waals surface area contributed by atoms with Crippen LogP contribution in [0.4, 0.5) is 28.9 Å². The smallest absolute Gasteiger partial charge is 0.398 e. The molecule has 10 heteroatoms. The van der Waals surface area contributed by atoms with Gasteiger partial charge in [0, 0.05) is 36.3 Å². The van der Waals surface area contributed by atoms with Crippen molar-refractivity contribution in [1.29, 1.82) is 5.53 Å². The number of hydrogen-bond donors (Lipinski definition) is 3. The summed E-state index contributed by atoms with van der Waals surface area (Å²) in [4.78, 5) is 4.45. The van der Waals surface area contributed by atoms with Crippen LogP contribution in [0.15, 0.2) is 59.2 Å². The number of rotatable bonds is 8. The van der Waals surface area contributed by atoms with Gasteiger partial charge in [-0.1, -0.05) is 13.0 Å². The average molecular weight is 540 g/mol. The maximum absolute atomic E-state index is 14.6. The number of alkyl halides is 3. The first-order chi connectivity index (χ1) is 18.7. The molecule has 0 bridgehead atoms. The monoisotopic (exact) mass is 539 g/mol. The Morgan fingerprint density at radius 1 is 1.15 bits per heavy atom. The number of aromatic nitrogens is 1. The highest BCUT2D eigenvalue weighted by molar-refractivity contribution is 5.76. The van der Waals surface area contributed by atoms with Gasteiger partial charge < -0.3 is 15.4 Å². The first-order valence-electron chi connectivity index (χ1n) is 12.9. The zero-order chi connectivity index (χ0) is 27.7. The van der Waals surface area contributed by atoms with Crippen molar-refractivity contribution in [2.45, 2.75) is 44.2 Å². The van der Waals surface area contributed by atoms with Crippen molar-refractivity contribution in [3.8, 4) is 17.0 Å². The van der Waals surface area contributed by atoms with Gasteiger partial charge in [-0.2, -0.15) is 18.3 Å². The second-order valence-corrected chi connectivity index (χ2v) is 9.93. The number of allylic oxidation sites excluding steroid dienone is 1. The highest BCUT2D eigenvalue weighted by atomic mass is 19.4. The number of hydrogen-bond acceptors (Lipinski definition) is 6. The van der Waals surface area contributed by atoms with Gasteiger partial charge in [0.25, 0.3) is 0 Å². The van der Waals surface area contributed by atoms with E-state index in [4.69, 9.17) is 10.3 Å². The quantitative estimate of drug-likeness (QED) is 0.201. The third kappa shape index (κ3) is 5.32. The molecule has 3 N–H and O–H groups in total. The van der Waals surface area contributed by atoms with E-state index in [9.17, 15) is 17.6 Å². The third-order valence-corrected chi connectivity index (χ3v) is 7.37. The standard InChI is InChI=1S/C29H29F4N5O/c1-16-15-39-28-21(16)13-24(37-27(28)18-6-9-20(30)10-7-18)22(29(31,32)33)14-36-26(17-4-3-5-17)19-8-11-23(35-2)25(12-19)38-34/h6-13,16,22,34-36H,3-5,14-15H2,1-2H3. The van der Waals surface area contributed by atoms with Gasteiger partial charge in [0.05, 0.1) is 18.0 Å². The molecule has 0 saturated heterocycles. The Morgan fingerprint density at radius 2 is 1.90 bits per heavy atom. The molecule has 1 aliphatic carbocycles. The van der Waals surface area contributed by atoms with Gasteiger partial charge in [-0.05, 0) is 72.9 Å². The molecule has 39 heavy (non-hydrogen) atoms. The number of pyridine rings is 1. The fourth-order valence-corrected chi connectivity index (χ4v) is 4.99. The predicted molar refractivity (Wildman–Crippen MR) is 142 cm³/mol. The average Bonchev–Trinajstić information content (AvgIpc) is 3.26.